The summed E-state index contributed by atoms with van der Waals surface area (Å²) in [5.74, 6) is 0.751. The number of halogens is 2. The summed E-state index contributed by atoms with van der Waals surface area (Å²) in [5, 5.41) is 11.3. The van der Waals surface area contributed by atoms with Crippen LogP contribution in [0.4, 0.5) is 0 Å². The summed E-state index contributed by atoms with van der Waals surface area (Å²) in [5.41, 5.74) is 3.09. The monoisotopic (exact) mass is 322 g/mol. The van der Waals surface area contributed by atoms with E-state index in [-0.39, 0.29) is 6.10 Å². The lowest BCUT2D eigenvalue weighted by Gasteiger charge is -2.22. The Morgan fingerprint density at radius 1 is 1.14 bits per heavy atom. The molecule has 0 radical (unpaired) electrons. The maximum Gasteiger partial charge on any atom is 0.120 e. The molecule has 2 aromatic carbocycles. The molecular weight excluding hydrogens is 307 g/mol. The van der Waals surface area contributed by atoms with Crippen LogP contribution >= 0.6 is 23.2 Å². The van der Waals surface area contributed by atoms with E-state index < -0.39 is 0 Å². The Morgan fingerprint density at radius 2 is 2.00 bits per heavy atom. The van der Waals surface area contributed by atoms with E-state index >= 15 is 0 Å². The summed E-state index contributed by atoms with van der Waals surface area (Å²) >= 11 is 12.0. The van der Waals surface area contributed by atoms with E-state index in [1.807, 2.05) is 24.3 Å². The number of benzene rings is 2. The number of hydrogen-bond acceptors (Lipinski definition) is 2. The molecule has 4 heteroatoms. The Labute approximate surface area is 134 Å². The van der Waals surface area contributed by atoms with E-state index in [0.717, 1.165) is 36.1 Å². The Kier molecular flexibility index (Phi) is 4.39. The first-order chi connectivity index (χ1) is 10.1. The second kappa shape index (κ2) is 6.27. The van der Waals surface area contributed by atoms with Gasteiger partial charge in [0.15, 0.2) is 0 Å². The quantitative estimate of drug-likeness (QED) is 0.867. The first-order valence-electron chi connectivity index (χ1n) is 7.01. The van der Waals surface area contributed by atoms with Crippen LogP contribution in [0.1, 0.15) is 35.6 Å². The van der Waals surface area contributed by atoms with Crippen molar-refractivity contribution in [3.05, 3.63) is 63.1 Å². The number of aliphatic hydroxyl groups excluding tert-OH is 1. The van der Waals surface area contributed by atoms with Crippen molar-refractivity contribution in [2.75, 3.05) is 0 Å². The van der Waals surface area contributed by atoms with Crippen LogP contribution in [0.25, 0.3) is 0 Å². The Hall–Kier alpha value is -1.22. The number of aliphatic hydroxyl groups is 1. The van der Waals surface area contributed by atoms with Crippen LogP contribution in [0, 0.1) is 0 Å². The normalized spacial score (nSPS) is 17.4. The van der Waals surface area contributed by atoms with Crippen molar-refractivity contribution in [1.29, 1.82) is 0 Å². The standard InChI is InChI=1S/C17H16Cl2O2/c18-13-6-4-12(16(19)8-13)10-21-14-7-5-11-2-1-3-17(20)15(11)9-14/h4-9,17,20H,1-3,10H2/t17-/m1/s1. The molecule has 0 saturated carbocycles. The van der Waals surface area contributed by atoms with Gasteiger partial charge in [0.05, 0.1) is 6.10 Å². The topological polar surface area (TPSA) is 29.5 Å². The van der Waals surface area contributed by atoms with Gasteiger partial charge < -0.3 is 9.84 Å². The van der Waals surface area contributed by atoms with Crippen LogP contribution in [0.2, 0.25) is 10.0 Å². The summed E-state index contributed by atoms with van der Waals surface area (Å²) in [7, 11) is 0. The van der Waals surface area contributed by atoms with E-state index in [4.69, 9.17) is 27.9 Å². The molecule has 0 saturated heterocycles. The highest BCUT2D eigenvalue weighted by Crippen LogP contribution is 2.32. The largest absolute Gasteiger partial charge is 0.489 e. The van der Waals surface area contributed by atoms with Crippen molar-refractivity contribution in [2.24, 2.45) is 0 Å². The minimum atomic E-state index is -0.378. The molecule has 0 unspecified atom stereocenters. The summed E-state index contributed by atoms with van der Waals surface area (Å²) in [4.78, 5) is 0. The molecule has 2 aromatic rings. The second-order valence-corrected chi connectivity index (χ2v) is 6.14. The molecule has 0 spiro atoms. The first-order valence-corrected chi connectivity index (χ1v) is 7.76. The lowest BCUT2D eigenvalue weighted by Crippen LogP contribution is -2.09. The van der Waals surface area contributed by atoms with Crippen molar-refractivity contribution < 1.29 is 9.84 Å². The van der Waals surface area contributed by atoms with Gasteiger partial charge in [-0.3, -0.25) is 0 Å². The van der Waals surface area contributed by atoms with Crippen LogP contribution in [0.3, 0.4) is 0 Å². The third-order valence-electron chi connectivity index (χ3n) is 3.81. The Balaban J connectivity index is 1.75. The molecule has 1 aliphatic carbocycles. The van der Waals surface area contributed by atoms with Gasteiger partial charge in [-0.05, 0) is 54.7 Å². The molecule has 21 heavy (non-hydrogen) atoms. The SMILES string of the molecule is O[C@@H]1CCCc2ccc(OCc3ccc(Cl)cc3Cl)cc21. The molecule has 0 bridgehead atoms. The van der Waals surface area contributed by atoms with Gasteiger partial charge in [0.2, 0.25) is 0 Å². The molecule has 1 aliphatic rings. The van der Waals surface area contributed by atoms with Crippen LogP contribution in [-0.2, 0) is 13.0 Å². The van der Waals surface area contributed by atoms with E-state index in [1.54, 1.807) is 12.1 Å². The fraction of sp³-hybridized carbons (Fsp3) is 0.294. The zero-order valence-electron chi connectivity index (χ0n) is 11.5. The Morgan fingerprint density at radius 3 is 2.81 bits per heavy atom. The zero-order valence-corrected chi connectivity index (χ0v) is 13.0. The van der Waals surface area contributed by atoms with Gasteiger partial charge in [0.25, 0.3) is 0 Å². The average molecular weight is 323 g/mol. The molecule has 0 fully saturated rings. The first kappa shape index (κ1) is 14.7. The van der Waals surface area contributed by atoms with Crippen LogP contribution < -0.4 is 4.74 Å². The van der Waals surface area contributed by atoms with Crippen molar-refractivity contribution in [3.63, 3.8) is 0 Å². The minimum Gasteiger partial charge on any atom is -0.489 e. The number of fused-ring (bicyclic) bond motifs is 1. The molecule has 2 nitrogen and oxygen atoms in total. The minimum absolute atomic E-state index is 0.378. The number of hydrogen-bond donors (Lipinski definition) is 1. The van der Waals surface area contributed by atoms with E-state index in [0.29, 0.717) is 16.7 Å². The fourth-order valence-corrected chi connectivity index (χ4v) is 3.10. The van der Waals surface area contributed by atoms with Gasteiger partial charge in [-0.1, -0.05) is 35.3 Å². The molecule has 1 N–H and O–H groups in total. The molecule has 0 heterocycles. The van der Waals surface area contributed by atoms with Gasteiger partial charge in [-0.15, -0.1) is 0 Å². The average Bonchev–Trinajstić information content (AvgIpc) is 2.47. The van der Waals surface area contributed by atoms with Gasteiger partial charge in [0, 0.05) is 15.6 Å². The van der Waals surface area contributed by atoms with Gasteiger partial charge >= 0.3 is 0 Å². The maximum atomic E-state index is 10.1. The van der Waals surface area contributed by atoms with Gasteiger partial charge in [-0.2, -0.15) is 0 Å². The number of aryl methyl sites for hydroxylation is 1. The van der Waals surface area contributed by atoms with Crippen molar-refractivity contribution in [2.45, 2.75) is 32.0 Å². The highest BCUT2D eigenvalue weighted by molar-refractivity contribution is 6.35. The van der Waals surface area contributed by atoms with Crippen LogP contribution in [0.15, 0.2) is 36.4 Å². The highest BCUT2D eigenvalue weighted by Gasteiger charge is 2.18. The lowest BCUT2D eigenvalue weighted by atomic mass is 9.89. The van der Waals surface area contributed by atoms with Crippen molar-refractivity contribution >= 4 is 23.2 Å². The summed E-state index contributed by atoms with van der Waals surface area (Å²) in [6.07, 6.45) is 2.50. The number of rotatable bonds is 3. The molecule has 110 valence electrons. The molecule has 0 amide bonds. The molecule has 0 aromatic heterocycles. The third-order valence-corrected chi connectivity index (χ3v) is 4.40. The summed E-state index contributed by atoms with van der Waals surface area (Å²) in [6, 6.07) is 11.3. The summed E-state index contributed by atoms with van der Waals surface area (Å²) in [6.45, 7) is 0.380. The van der Waals surface area contributed by atoms with E-state index in [9.17, 15) is 5.11 Å². The smallest absolute Gasteiger partial charge is 0.120 e. The van der Waals surface area contributed by atoms with Gasteiger partial charge in [0.1, 0.15) is 12.4 Å². The van der Waals surface area contributed by atoms with Crippen molar-refractivity contribution in [1.82, 2.24) is 0 Å². The third kappa shape index (κ3) is 3.34. The van der Waals surface area contributed by atoms with E-state index in [2.05, 4.69) is 0 Å². The summed E-state index contributed by atoms with van der Waals surface area (Å²) < 4.78 is 5.79. The fourth-order valence-electron chi connectivity index (χ4n) is 2.64. The second-order valence-electron chi connectivity index (χ2n) is 5.29. The molecule has 3 rings (SSSR count). The lowest BCUT2D eigenvalue weighted by molar-refractivity contribution is 0.156. The molecule has 0 aliphatic heterocycles. The van der Waals surface area contributed by atoms with Crippen LogP contribution in [-0.4, -0.2) is 5.11 Å². The van der Waals surface area contributed by atoms with Crippen molar-refractivity contribution in [3.8, 4) is 5.75 Å². The van der Waals surface area contributed by atoms with Gasteiger partial charge in [-0.25, -0.2) is 0 Å². The molecular formula is C17H16Cl2O2. The Bertz CT molecular complexity index is 655. The van der Waals surface area contributed by atoms with E-state index in [1.165, 1.54) is 5.56 Å². The predicted molar refractivity (Wildman–Crippen MR) is 85.1 cm³/mol. The zero-order chi connectivity index (χ0) is 14.8. The number of ether oxygens (including phenoxy) is 1. The van der Waals surface area contributed by atoms with Crippen LogP contribution in [0.5, 0.6) is 5.75 Å². The highest BCUT2D eigenvalue weighted by atomic mass is 35.5. The predicted octanol–water partition coefficient (Wildman–Crippen LogP) is 4.94. The molecule has 1 atom stereocenters. The maximum absolute atomic E-state index is 10.1.